The molecular weight excluding hydrogens is 176 g/mol. The first kappa shape index (κ1) is 8.88. The second-order valence-electron chi connectivity index (χ2n) is 3.26. The van der Waals surface area contributed by atoms with E-state index in [4.69, 9.17) is 0 Å². The lowest BCUT2D eigenvalue weighted by Crippen LogP contribution is -2.13. The van der Waals surface area contributed by atoms with Gasteiger partial charge in [-0.1, -0.05) is 25.1 Å². The summed E-state index contributed by atoms with van der Waals surface area (Å²) < 4.78 is 0. The van der Waals surface area contributed by atoms with Crippen molar-refractivity contribution in [2.75, 3.05) is 0 Å². The average Bonchev–Trinajstić information content (AvgIpc) is 2.23. The molecule has 0 N–H and O–H groups in total. The lowest BCUT2D eigenvalue weighted by atomic mass is 9.90. The first-order chi connectivity index (χ1) is 6.74. The van der Waals surface area contributed by atoms with Crippen LogP contribution in [-0.4, -0.2) is 11.6 Å². The molecular formula is C12H10O2. The minimum Gasteiger partial charge on any atom is -0.289 e. The smallest absolute Gasteiger partial charge is 0.186 e. The Morgan fingerprint density at radius 1 is 1.07 bits per heavy atom. The van der Waals surface area contributed by atoms with Crippen molar-refractivity contribution in [1.82, 2.24) is 0 Å². The highest BCUT2D eigenvalue weighted by molar-refractivity contribution is 6.22. The number of hydrogen-bond acceptors (Lipinski definition) is 2. The summed E-state index contributed by atoms with van der Waals surface area (Å²) in [6.45, 7) is 1.98. The van der Waals surface area contributed by atoms with Crippen LogP contribution in [0.2, 0.25) is 0 Å². The molecule has 0 spiro atoms. The van der Waals surface area contributed by atoms with E-state index in [1.165, 1.54) is 12.2 Å². The van der Waals surface area contributed by atoms with Gasteiger partial charge in [0.1, 0.15) is 0 Å². The molecule has 0 atom stereocenters. The molecule has 2 heteroatoms. The van der Waals surface area contributed by atoms with Crippen molar-refractivity contribution in [3.8, 4) is 0 Å². The molecule has 0 amide bonds. The first-order valence-corrected chi connectivity index (χ1v) is 4.62. The molecule has 0 bridgehead atoms. The average molecular weight is 186 g/mol. The number of fused-ring (bicyclic) bond motifs is 1. The van der Waals surface area contributed by atoms with Crippen molar-refractivity contribution in [1.29, 1.82) is 0 Å². The summed E-state index contributed by atoms with van der Waals surface area (Å²) in [7, 11) is 0. The minimum absolute atomic E-state index is 0.0583. The lowest BCUT2D eigenvalue weighted by Gasteiger charge is -2.12. The van der Waals surface area contributed by atoms with Crippen LogP contribution in [0, 0.1) is 0 Å². The van der Waals surface area contributed by atoms with Gasteiger partial charge in [0.25, 0.3) is 0 Å². The van der Waals surface area contributed by atoms with Crippen LogP contribution in [0.25, 0.3) is 0 Å². The van der Waals surface area contributed by atoms with E-state index in [1.54, 1.807) is 6.07 Å². The standard InChI is InChI=1S/C12H10O2/c1-2-8-4-3-5-9-10(13)6-7-11(14)12(8)9/h3-7H,2H2,1H3. The minimum atomic E-state index is -0.0742. The van der Waals surface area contributed by atoms with Gasteiger partial charge in [0.05, 0.1) is 0 Å². The van der Waals surface area contributed by atoms with E-state index in [0.29, 0.717) is 11.1 Å². The van der Waals surface area contributed by atoms with Crippen molar-refractivity contribution >= 4 is 11.6 Å². The fourth-order valence-corrected chi connectivity index (χ4v) is 1.72. The Kier molecular flexibility index (Phi) is 2.04. The number of aryl methyl sites for hydroxylation is 1. The molecule has 0 radical (unpaired) electrons. The van der Waals surface area contributed by atoms with Crippen LogP contribution in [0.1, 0.15) is 33.2 Å². The van der Waals surface area contributed by atoms with Gasteiger partial charge in [0.2, 0.25) is 0 Å². The lowest BCUT2D eigenvalue weighted by molar-refractivity contribution is 0.0993. The summed E-state index contributed by atoms with van der Waals surface area (Å²) in [4.78, 5) is 23.0. The van der Waals surface area contributed by atoms with E-state index in [0.717, 1.165) is 12.0 Å². The number of carbonyl (C=O) groups excluding carboxylic acids is 2. The third-order valence-electron chi connectivity index (χ3n) is 2.43. The largest absolute Gasteiger partial charge is 0.289 e. The second kappa shape index (κ2) is 3.22. The summed E-state index contributed by atoms with van der Waals surface area (Å²) >= 11 is 0. The highest BCUT2D eigenvalue weighted by atomic mass is 16.1. The number of benzene rings is 1. The molecule has 0 aliphatic heterocycles. The molecule has 1 aromatic carbocycles. The molecule has 0 fully saturated rings. The Hall–Kier alpha value is -1.70. The van der Waals surface area contributed by atoms with Gasteiger partial charge >= 0.3 is 0 Å². The van der Waals surface area contributed by atoms with E-state index in [2.05, 4.69) is 0 Å². The Morgan fingerprint density at radius 2 is 1.79 bits per heavy atom. The Bertz CT molecular complexity index is 442. The number of allylic oxidation sites excluding steroid dienone is 2. The van der Waals surface area contributed by atoms with Gasteiger partial charge in [0, 0.05) is 11.1 Å². The fraction of sp³-hybridized carbons (Fsp3) is 0.167. The van der Waals surface area contributed by atoms with E-state index in [1.807, 2.05) is 19.1 Å². The van der Waals surface area contributed by atoms with Gasteiger partial charge in [-0.05, 0) is 24.1 Å². The van der Waals surface area contributed by atoms with Crippen LogP contribution in [0.4, 0.5) is 0 Å². The molecule has 0 aromatic heterocycles. The van der Waals surface area contributed by atoms with E-state index in [9.17, 15) is 9.59 Å². The summed E-state index contributed by atoms with van der Waals surface area (Å²) in [6.07, 6.45) is 3.46. The zero-order chi connectivity index (χ0) is 10.1. The molecule has 14 heavy (non-hydrogen) atoms. The van der Waals surface area contributed by atoms with Crippen LogP contribution in [0.5, 0.6) is 0 Å². The van der Waals surface area contributed by atoms with Gasteiger partial charge in [-0.3, -0.25) is 9.59 Å². The third kappa shape index (κ3) is 1.20. The number of rotatable bonds is 1. The number of hydrogen-bond donors (Lipinski definition) is 0. The molecule has 1 aliphatic rings. The van der Waals surface area contributed by atoms with Crippen molar-refractivity contribution in [2.24, 2.45) is 0 Å². The zero-order valence-corrected chi connectivity index (χ0v) is 7.91. The predicted octanol–water partition coefficient (Wildman–Crippen LogP) is 2.18. The normalized spacial score (nSPS) is 14.4. The molecule has 0 saturated heterocycles. The highest BCUT2D eigenvalue weighted by Gasteiger charge is 2.20. The highest BCUT2D eigenvalue weighted by Crippen LogP contribution is 2.21. The zero-order valence-electron chi connectivity index (χ0n) is 7.91. The van der Waals surface area contributed by atoms with Crippen molar-refractivity contribution < 1.29 is 9.59 Å². The van der Waals surface area contributed by atoms with Crippen LogP contribution < -0.4 is 0 Å². The molecule has 2 rings (SSSR count). The van der Waals surface area contributed by atoms with Crippen LogP contribution in [0.3, 0.4) is 0 Å². The van der Waals surface area contributed by atoms with Crippen molar-refractivity contribution in [3.05, 3.63) is 47.0 Å². The first-order valence-electron chi connectivity index (χ1n) is 4.62. The van der Waals surface area contributed by atoms with Crippen LogP contribution >= 0.6 is 0 Å². The molecule has 0 heterocycles. The van der Waals surface area contributed by atoms with Gasteiger partial charge in [-0.15, -0.1) is 0 Å². The summed E-state index contributed by atoms with van der Waals surface area (Å²) in [5.41, 5.74) is 2.07. The molecule has 70 valence electrons. The maximum Gasteiger partial charge on any atom is 0.186 e. The molecule has 1 aromatic rings. The Balaban J connectivity index is 2.71. The van der Waals surface area contributed by atoms with E-state index >= 15 is 0 Å². The van der Waals surface area contributed by atoms with Crippen molar-refractivity contribution in [2.45, 2.75) is 13.3 Å². The molecule has 1 aliphatic carbocycles. The van der Waals surface area contributed by atoms with Gasteiger partial charge in [-0.2, -0.15) is 0 Å². The maximum atomic E-state index is 11.6. The van der Waals surface area contributed by atoms with Gasteiger partial charge in [-0.25, -0.2) is 0 Å². The second-order valence-corrected chi connectivity index (χ2v) is 3.26. The topological polar surface area (TPSA) is 34.1 Å². The summed E-state index contributed by atoms with van der Waals surface area (Å²) in [5.74, 6) is -0.132. The van der Waals surface area contributed by atoms with E-state index in [-0.39, 0.29) is 11.6 Å². The van der Waals surface area contributed by atoms with Crippen LogP contribution in [0.15, 0.2) is 30.4 Å². The third-order valence-corrected chi connectivity index (χ3v) is 2.43. The Labute approximate surface area is 82.2 Å². The molecule has 0 unspecified atom stereocenters. The number of ketones is 2. The fourth-order valence-electron chi connectivity index (χ4n) is 1.72. The van der Waals surface area contributed by atoms with Crippen molar-refractivity contribution in [3.63, 3.8) is 0 Å². The van der Waals surface area contributed by atoms with Crippen LogP contribution in [-0.2, 0) is 6.42 Å². The molecule has 2 nitrogen and oxygen atoms in total. The SMILES string of the molecule is CCc1cccc2c1C(=O)C=CC2=O. The van der Waals surface area contributed by atoms with Gasteiger partial charge in [0.15, 0.2) is 11.6 Å². The van der Waals surface area contributed by atoms with Gasteiger partial charge < -0.3 is 0 Å². The summed E-state index contributed by atoms with van der Waals surface area (Å²) in [6, 6.07) is 5.42. The van der Waals surface area contributed by atoms with E-state index < -0.39 is 0 Å². The Morgan fingerprint density at radius 3 is 2.50 bits per heavy atom. The quantitative estimate of drug-likeness (QED) is 0.673. The monoisotopic (exact) mass is 186 g/mol. The number of carbonyl (C=O) groups is 2. The molecule has 0 saturated carbocycles. The maximum absolute atomic E-state index is 11.6. The predicted molar refractivity (Wildman–Crippen MR) is 53.6 cm³/mol. The summed E-state index contributed by atoms with van der Waals surface area (Å²) in [5, 5.41) is 0.